The van der Waals surface area contributed by atoms with Crippen molar-refractivity contribution < 1.29 is 0 Å². The largest absolute Gasteiger partial charge is 0.309 e. The summed E-state index contributed by atoms with van der Waals surface area (Å²) in [5, 5.41) is 13.0. The van der Waals surface area contributed by atoms with Gasteiger partial charge >= 0.3 is 0 Å². The van der Waals surface area contributed by atoms with Gasteiger partial charge in [-0.25, -0.2) is 0 Å². The molecular weight excluding hydrogens is 567 g/mol. The summed E-state index contributed by atoms with van der Waals surface area (Å²) in [6.45, 7) is 0. The van der Waals surface area contributed by atoms with Crippen LogP contribution in [0.1, 0.15) is 0 Å². The Morgan fingerprint density at radius 2 is 0.979 bits per heavy atom. The van der Waals surface area contributed by atoms with E-state index in [0.717, 1.165) is 0 Å². The zero-order valence-corrected chi connectivity index (χ0v) is 25.5. The zero-order valence-electron chi connectivity index (χ0n) is 25.5. The van der Waals surface area contributed by atoms with Crippen molar-refractivity contribution in [2.24, 2.45) is 0 Å². The van der Waals surface area contributed by atoms with E-state index in [1.165, 1.54) is 104 Å². The molecule has 0 atom stereocenters. The van der Waals surface area contributed by atoms with E-state index in [1.807, 2.05) is 0 Å². The van der Waals surface area contributed by atoms with E-state index in [9.17, 15) is 0 Å². The predicted molar refractivity (Wildman–Crippen MR) is 201 cm³/mol. The molecule has 1 nitrogen and oxygen atoms in total. The molecule has 1 heterocycles. The molecule has 0 saturated heterocycles. The lowest BCUT2D eigenvalue weighted by Gasteiger charge is -2.14. The monoisotopic (exact) mass is 593 g/mol. The first-order valence-corrected chi connectivity index (χ1v) is 16.4. The Balaban J connectivity index is 1.17. The average Bonchev–Trinajstić information content (AvgIpc) is 3.66. The van der Waals surface area contributed by atoms with Crippen molar-refractivity contribution in [2.45, 2.75) is 0 Å². The fourth-order valence-corrected chi connectivity index (χ4v) is 8.50. The second-order valence-electron chi connectivity index (χ2n) is 12.9. The Bertz CT molecular complexity index is 2940. The van der Waals surface area contributed by atoms with E-state index < -0.39 is 0 Å². The summed E-state index contributed by atoms with van der Waals surface area (Å²) in [4.78, 5) is 0. The minimum Gasteiger partial charge on any atom is -0.309 e. The quantitative estimate of drug-likeness (QED) is 0.176. The number of hydrogen-bond donors (Lipinski definition) is 0. The first-order valence-electron chi connectivity index (χ1n) is 16.4. The Morgan fingerprint density at radius 1 is 0.319 bits per heavy atom. The average molecular weight is 594 g/mol. The van der Waals surface area contributed by atoms with Gasteiger partial charge in [-0.2, -0.15) is 0 Å². The molecule has 216 valence electrons. The molecule has 1 heteroatoms. The highest BCUT2D eigenvalue weighted by Gasteiger charge is 2.22. The van der Waals surface area contributed by atoms with Gasteiger partial charge in [0.1, 0.15) is 0 Å². The van der Waals surface area contributed by atoms with Gasteiger partial charge in [-0.1, -0.05) is 133 Å². The van der Waals surface area contributed by atoms with Crippen LogP contribution in [0.4, 0.5) is 0 Å². The Hall–Kier alpha value is -6.18. The lowest BCUT2D eigenvalue weighted by Crippen LogP contribution is -1.95. The van der Waals surface area contributed by atoms with Crippen LogP contribution in [-0.4, -0.2) is 4.57 Å². The molecule has 0 unspecified atom stereocenters. The third-order valence-electron chi connectivity index (χ3n) is 10.5. The van der Waals surface area contributed by atoms with Crippen LogP contribution in [0.25, 0.3) is 104 Å². The van der Waals surface area contributed by atoms with E-state index >= 15 is 0 Å². The number of aromatic nitrogens is 1. The number of benzene rings is 9. The molecule has 11 rings (SSSR count). The van der Waals surface area contributed by atoms with E-state index in [2.05, 4.69) is 168 Å². The topological polar surface area (TPSA) is 4.93 Å². The van der Waals surface area contributed by atoms with Gasteiger partial charge in [-0.05, 0) is 101 Å². The molecule has 9 aromatic carbocycles. The molecule has 0 saturated carbocycles. The normalized spacial score (nSPS) is 12.3. The molecule has 0 N–H and O–H groups in total. The van der Waals surface area contributed by atoms with Gasteiger partial charge in [0.25, 0.3) is 0 Å². The Kier molecular flexibility index (Phi) is 4.90. The maximum Gasteiger partial charge on any atom is 0.0625 e. The smallest absolute Gasteiger partial charge is 0.0625 e. The first-order chi connectivity index (χ1) is 23.3. The van der Waals surface area contributed by atoms with E-state index in [4.69, 9.17) is 0 Å². The van der Waals surface area contributed by atoms with Crippen molar-refractivity contribution in [2.75, 3.05) is 0 Å². The van der Waals surface area contributed by atoms with Crippen molar-refractivity contribution in [1.29, 1.82) is 0 Å². The van der Waals surface area contributed by atoms with E-state index in [0.29, 0.717) is 0 Å². The van der Waals surface area contributed by atoms with Gasteiger partial charge in [0.15, 0.2) is 0 Å². The lowest BCUT2D eigenvalue weighted by atomic mass is 9.93. The molecule has 1 aromatic heterocycles. The predicted octanol–water partition coefficient (Wildman–Crippen LogP) is 12.7. The molecule has 0 spiro atoms. The van der Waals surface area contributed by atoms with Crippen LogP contribution < -0.4 is 0 Å². The number of fused-ring (bicyclic) bond motifs is 13. The van der Waals surface area contributed by atoms with Crippen LogP contribution in [0.5, 0.6) is 0 Å². The minimum absolute atomic E-state index is 1.17. The second kappa shape index (κ2) is 9.19. The maximum absolute atomic E-state index is 2.48. The summed E-state index contributed by atoms with van der Waals surface area (Å²) >= 11 is 0. The van der Waals surface area contributed by atoms with E-state index in [-0.39, 0.29) is 0 Å². The van der Waals surface area contributed by atoms with Gasteiger partial charge in [-0.15, -0.1) is 0 Å². The number of nitrogens with zero attached hydrogens (tertiary/aromatic N) is 1. The summed E-state index contributed by atoms with van der Waals surface area (Å²) in [7, 11) is 0. The summed E-state index contributed by atoms with van der Waals surface area (Å²) in [5.74, 6) is 0. The van der Waals surface area contributed by atoms with Crippen LogP contribution in [0.3, 0.4) is 0 Å². The van der Waals surface area contributed by atoms with Gasteiger partial charge in [0, 0.05) is 21.8 Å². The summed E-state index contributed by atoms with van der Waals surface area (Å²) in [5.41, 5.74) is 11.5. The molecular formula is C46H27N. The van der Waals surface area contributed by atoms with Gasteiger partial charge in [0.05, 0.1) is 11.0 Å². The molecule has 1 aliphatic rings. The molecule has 0 aliphatic heterocycles. The summed E-state index contributed by atoms with van der Waals surface area (Å²) in [6.07, 6.45) is 0. The minimum atomic E-state index is 1.17. The summed E-state index contributed by atoms with van der Waals surface area (Å²) in [6, 6.07) is 60.7. The van der Waals surface area contributed by atoms with Crippen LogP contribution in [-0.2, 0) is 0 Å². The molecule has 0 radical (unpaired) electrons. The van der Waals surface area contributed by atoms with Gasteiger partial charge < -0.3 is 4.57 Å². The van der Waals surface area contributed by atoms with Crippen molar-refractivity contribution >= 4 is 64.9 Å². The highest BCUT2D eigenvalue weighted by molar-refractivity contribution is 6.36. The SMILES string of the molecule is c1ccc2c(c1)-c1cccc3cc(-c4ccc(-n5c6ccccc6c6c7ccc8ccccc8c7c7ccccc7c65)cc4)cc-2c13. The maximum atomic E-state index is 2.48. The van der Waals surface area contributed by atoms with Gasteiger partial charge in [0.2, 0.25) is 0 Å². The molecule has 0 amide bonds. The van der Waals surface area contributed by atoms with Crippen molar-refractivity contribution in [3.05, 3.63) is 164 Å². The third kappa shape index (κ3) is 3.33. The van der Waals surface area contributed by atoms with Crippen molar-refractivity contribution in [3.63, 3.8) is 0 Å². The zero-order chi connectivity index (χ0) is 30.6. The molecule has 1 aliphatic carbocycles. The van der Waals surface area contributed by atoms with Crippen LogP contribution in [0.2, 0.25) is 0 Å². The highest BCUT2D eigenvalue weighted by Crippen LogP contribution is 2.49. The Labute approximate surface area is 271 Å². The van der Waals surface area contributed by atoms with Crippen molar-refractivity contribution in [1.82, 2.24) is 4.57 Å². The van der Waals surface area contributed by atoms with E-state index in [1.54, 1.807) is 0 Å². The van der Waals surface area contributed by atoms with Crippen LogP contribution >= 0.6 is 0 Å². The van der Waals surface area contributed by atoms with Crippen LogP contribution in [0.15, 0.2) is 164 Å². The fourth-order valence-electron chi connectivity index (χ4n) is 8.50. The number of para-hydroxylation sites is 1. The third-order valence-corrected chi connectivity index (χ3v) is 10.5. The van der Waals surface area contributed by atoms with Gasteiger partial charge in [-0.3, -0.25) is 0 Å². The molecule has 47 heavy (non-hydrogen) atoms. The summed E-state index contributed by atoms with van der Waals surface area (Å²) < 4.78 is 2.48. The lowest BCUT2D eigenvalue weighted by molar-refractivity contribution is 1.19. The second-order valence-corrected chi connectivity index (χ2v) is 12.9. The van der Waals surface area contributed by atoms with Crippen LogP contribution in [0, 0.1) is 0 Å². The fraction of sp³-hybridized carbons (Fsp3) is 0. The first kappa shape index (κ1) is 25.1. The molecule has 0 fully saturated rings. The Morgan fingerprint density at radius 3 is 1.83 bits per heavy atom. The number of rotatable bonds is 2. The van der Waals surface area contributed by atoms with Crippen molar-refractivity contribution in [3.8, 4) is 39.1 Å². The molecule has 10 aromatic rings. The number of hydrogen-bond acceptors (Lipinski definition) is 0. The highest BCUT2D eigenvalue weighted by atomic mass is 15.0. The molecule has 0 bridgehead atoms. The standard InChI is InChI=1S/C46H27N/c1-2-12-33-29(10-1)22-25-40-44(33)37-15-5-6-16-38(37)46-45(40)39-17-7-8-19-42(39)47(46)32-23-20-28(21-24-32)31-26-30-11-9-18-36-34-13-3-4-14-35(34)41(27-31)43(30)36/h1-27H.